The molecule has 1 amide bonds. The van der Waals surface area contributed by atoms with Crippen LogP contribution < -0.4 is 11.1 Å². The molecule has 0 aliphatic carbocycles. The molecule has 7 heteroatoms. The fraction of sp³-hybridized carbons (Fsp3) is 0.364. The van der Waals surface area contributed by atoms with Crippen molar-refractivity contribution in [1.29, 1.82) is 0 Å². The lowest BCUT2D eigenvalue weighted by atomic mass is 10.1. The van der Waals surface area contributed by atoms with Gasteiger partial charge < -0.3 is 15.6 Å². The zero-order valence-electron chi connectivity index (χ0n) is 10.2. The van der Waals surface area contributed by atoms with E-state index in [2.05, 4.69) is 15.4 Å². The Labute approximate surface area is 105 Å². The molecule has 0 aliphatic rings. The summed E-state index contributed by atoms with van der Waals surface area (Å²) in [4.78, 5) is 15.7. The molecule has 7 nitrogen and oxygen atoms in total. The monoisotopic (exact) mass is 248 g/mol. The van der Waals surface area contributed by atoms with Crippen molar-refractivity contribution < 1.29 is 4.79 Å². The lowest BCUT2D eigenvalue weighted by molar-refractivity contribution is -0.122. The predicted molar refractivity (Wildman–Crippen MR) is 65.4 cm³/mol. The molecule has 3 N–H and O–H groups in total. The van der Waals surface area contributed by atoms with Gasteiger partial charge in [0.15, 0.2) is 0 Å². The molecular formula is C11H16N6O. The molecule has 0 saturated heterocycles. The van der Waals surface area contributed by atoms with Crippen molar-refractivity contribution in [2.75, 3.05) is 6.54 Å². The van der Waals surface area contributed by atoms with Crippen LogP contribution >= 0.6 is 0 Å². The summed E-state index contributed by atoms with van der Waals surface area (Å²) in [6, 6.07) is -0.679. The summed E-state index contributed by atoms with van der Waals surface area (Å²) in [7, 11) is 1.78. The first-order chi connectivity index (χ1) is 8.66. The topological polar surface area (TPSA) is 90.8 Å². The van der Waals surface area contributed by atoms with E-state index >= 15 is 0 Å². The van der Waals surface area contributed by atoms with Gasteiger partial charge in [-0.3, -0.25) is 9.48 Å². The van der Waals surface area contributed by atoms with Gasteiger partial charge in [0.05, 0.1) is 12.5 Å². The van der Waals surface area contributed by atoms with E-state index in [4.69, 9.17) is 5.73 Å². The lowest BCUT2D eigenvalue weighted by Crippen LogP contribution is -2.35. The molecule has 0 spiro atoms. The van der Waals surface area contributed by atoms with Crippen molar-refractivity contribution >= 4 is 5.91 Å². The third kappa shape index (κ3) is 2.95. The molecule has 0 aliphatic heterocycles. The van der Waals surface area contributed by atoms with E-state index in [1.165, 1.54) is 0 Å². The van der Waals surface area contributed by atoms with Gasteiger partial charge in [0.1, 0.15) is 6.04 Å². The van der Waals surface area contributed by atoms with Gasteiger partial charge in [0.25, 0.3) is 0 Å². The number of aromatic nitrogens is 4. The molecule has 1 unspecified atom stereocenters. The number of carbonyl (C=O) groups is 1. The Morgan fingerprint density at radius 2 is 2.44 bits per heavy atom. The lowest BCUT2D eigenvalue weighted by Gasteiger charge is -2.10. The van der Waals surface area contributed by atoms with Crippen LogP contribution in [0.2, 0.25) is 0 Å². The summed E-state index contributed by atoms with van der Waals surface area (Å²) < 4.78 is 3.50. The van der Waals surface area contributed by atoms with E-state index in [-0.39, 0.29) is 5.91 Å². The molecule has 0 saturated carbocycles. The second-order valence-corrected chi connectivity index (χ2v) is 4.02. The van der Waals surface area contributed by atoms with Gasteiger partial charge in [-0.15, -0.1) is 0 Å². The number of imidazole rings is 1. The van der Waals surface area contributed by atoms with Crippen molar-refractivity contribution in [2.45, 2.75) is 12.6 Å². The summed E-state index contributed by atoms with van der Waals surface area (Å²) in [5.74, 6) is -0.205. The van der Waals surface area contributed by atoms with Gasteiger partial charge >= 0.3 is 0 Å². The van der Waals surface area contributed by atoms with Crippen LogP contribution in [0.15, 0.2) is 31.1 Å². The van der Waals surface area contributed by atoms with E-state index < -0.39 is 6.04 Å². The van der Waals surface area contributed by atoms with Gasteiger partial charge in [-0.1, -0.05) is 0 Å². The summed E-state index contributed by atoms with van der Waals surface area (Å²) in [6.07, 6.45) is 8.57. The van der Waals surface area contributed by atoms with Crippen molar-refractivity contribution in [3.05, 3.63) is 36.7 Å². The summed E-state index contributed by atoms with van der Waals surface area (Å²) >= 11 is 0. The SMILES string of the molecule is Cn1cc(C(N)C(=O)NCCn2ccnc2)cn1. The van der Waals surface area contributed by atoms with Crippen molar-refractivity contribution in [3.63, 3.8) is 0 Å². The molecule has 18 heavy (non-hydrogen) atoms. The normalized spacial score (nSPS) is 12.3. The Morgan fingerprint density at radius 3 is 3.06 bits per heavy atom. The molecule has 0 radical (unpaired) electrons. The Hall–Kier alpha value is -2.15. The standard InChI is InChI=1S/C11H16N6O/c1-16-7-9(6-15-16)10(12)11(18)14-3-5-17-4-2-13-8-17/h2,4,6-8,10H,3,5,12H2,1H3,(H,14,18). The fourth-order valence-electron chi connectivity index (χ4n) is 1.59. The Bertz CT molecular complexity index is 503. The largest absolute Gasteiger partial charge is 0.353 e. The highest BCUT2D eigenvalue weighted by molar-refractivity contribution is 5.82. The average Bonchev–Trinajstić information content (AvgIpc) is 2.99. The number of hydrogen-bond acceptors (Lipinski definition) is 4. The molecule has 0 fully saturated rings. The van der Waals surface area contributed by atoms with E-state index in [0.717, 1.165) is 0 Å². The molecule has 2 rings (SSSR count). The predicted octanol–water partition coefficient (Wildman–Crippen LogP) is -0.567. The van der Waals surface area contributed by atoms with Crippen molar-refractivity contribution in [1.82, 2.24) is 24.6 Å². The molecule has 2 heterocycles. The second-order valence-electron chi connectivity index (χ2n) is 4.02. The summed E-state index contributed by atoms with van der Waals surface area (Å²) in [5.41, 5.74) is 6.53. The number of nitrogens with two attached hydrogens (primary N) is 1. The molecular weight excluding hydrogens is 232 g/mol. The minimum atomic E-state index is -0.679. The number of nitrogens with one attached hydrogen (secondary N) is 1. The van der Waals surface area contributed by atoms with Crippen LogP contribution in [-0.4, -0.2) is 31.8 Å². The Kier molecular flexibility index (Phi) is 3.73. The van der Waals surface area contributed by atoms with Gasteiger partial charge in [0.2, 0.25) is 5.91 Å². The highest BCUT2D eigenvalue weighted by Crippen LogP contribution is 2.07. The van der Waals surface area contributed by atoms with Crippen molar-refractivity contribution in [3.8, 4) is 0 Å². The number of rotatable bonds is 5. The van der Waals surface area contributed by atoms with Gasteiger partial charge in [-0.25, -0.2) is 4.98 Å². The number of nitrogens with zero attached hydrogens (tertiary/aromatic N) is 4. The highest BCUT2D eigenvalue weighted by Gasteiger charge is 2.16. The zero-order valence-corrected chi connectivity index (χ0v) is 10.2. The van der Waals surface area contributed by atoms with E-state index in [0.29, 0.717) is 18.7 Å². The van der Waals surface area contributed by atoms with Crippen molar-refractivity contribution in [2.24, 2.45) is 12.8 Å². The minimum absolute atomic E-state index is 0.205. The molecule has 2 aromatic rings. The van der Waals surface area contributed by atoms with E-state index in [1.54, 1.807) is 36.6 Å². The molecule has 0 bridgehead atoms. The van der Waals surface area contributed by atoms with Crippen LogP contribution in [0.4, 0.5) is 0 Å². The summed E-state index contributed by atoms with van der Waals surface area (Å²) in [6.45, 7) is 1.19. The van der Waals surface area contributed by atoms with Crippen LogP contribution in [0.1, 0.15) is 11.6 Å². The number of carbonyl (C=O) groups excluding carboxylic acids is 1. The fourth-order valence-corrected chi connectivity index (χ4v) is 1.59. The summed E-state index contributed by atoms with van der Waals surface area (Å²) in [5, 5.41) is 6.76. The number of amides is 1. The first-order valence-corrected chi connectivity index (χ1v) is 5.64. The maximum absolute atomic E-state index is 11.8. The number of aryl methyl sites for hydroxylation is 1. The average molecular weight is 248 g/mol. The van der Waals surface area contributed by atoms with Gasteiger partial charge in [0, 0.05) is 44.3 Å². The van der Waals surface area contributed by atoms with E-state index in [9.17, 15) is 4.79 Å². The van der Waals surface area contributed by atoms with Crippen LogP contribution in [0, 0.1) is 0 Å². The van der Waals surface area contributed by atoms with Crippen LogP contribution in [0.25, 0.3) is 0 Å². The van der Waals surface area contributed by atoms with Crippen LogP contribution in [0.5, 0.6) is 0 Å². The Morgan fingerprint density at radius 1 is 1.61 bits per heavy atom. The second kappa shape index (κ2) is 5.46. The molecule has 2 aromatic heterocycles. The molecule has 96 valence electrons. The Balaban J connectivity index is 1.81. The van der Waals surface area contributed by atoms with Crippen LogP contribution in [0.3, 0.4) is 0 Å². The van der Waals surface area contributed by atoms with Gasteiger partial charge in [-0.05, 0) is 0 Å². The highest BCUT2D eigenvalue weighted by atomic mass is 16.2. The molecule has 1 atom stereocenters. The van der Waals surface area contributed by atoms with Crippen LogP contribution in [-0.2, 0) is 18.4 Å². The minimum Gasteiger partial charge on any atom is -0.353 e. The number of hydrogen-bond donors (Lipinski definition) is 2. The quantitative estimate of drug-likeness (QED) is 0.741. The third-order valence-electron chi connectivity index (χ3n) is 2.59. The first-order valence-electron chi connectivity index (χ1n) is 5.64. The molecule has 0 aromatic carbocycles. The zero-order chi connectivity index (χ0) is 13.0. The maximum Gasteiger partial charge on any atom is 0.241 e. The van der Waals surface area contributed by atoms with E-state index in [1.807, 2.05) is 10.8 Å². The smallest absolute Gasteiger partial charge is 0.241 e. The van der Waals surface area contributed by atoms with Gasteiger partial charge in [-0.2, -0.15) is 5.10 Å². The first kappa shape index (κ1) is 12.3. The third-order valence-corrected chi connectivity index (χ3v) is 2.59. The maximum atomic E-state index is 11.8.